The first kappa shape index (κ1) is 16.9. The molecule has 136 valence electrons. The molecule has 0 aliphatic carbocycles. The van der Waals surface area contributed by atoms with E-state index in [4.69, 9.17) is 11.6 Å². The summed E-state index contributed by atoms with van der Waals surface area (Å²) in [4.78, 5) is 3.42. The average molecular weight is 391 g/mol. The van der Waals surface area contributed by atoms with E-state index in [1.54, 1.807) is 6.07 Å². The number of rotatable bonds is 1. The van der Waals surface area contributed by atoms with E-state index < -0.39 is 11.2 Å². The standard InChI is InChI=1S/C20H20ClFN2OS/c21-17-10-13(22)2-3-14(17)12-8-15-16-11-23-5-4-18(16)24-6-1-7-26(25)19(9-12)20(15)24/h2-3,8-10,16,18,23H,1,4-7,11H2/t16-,18-,26?/m0/s1. The Morgan fingerprint density at radius 3 is 3.00 bits per heavy atom. The van der Waals surface area contributed by atoms with Crippen LogP contribution in [0.2, 0.25) is 5.02 Å². The first-order valence-corrected chi connectivity index (χ1v) is 10.8. The third-order valence-corrected chi connectivity index (χ3v) is 7.63. The van der Waals surface area contributed by atoms with Gasteiger partial charge in [-0.3, -0.25) is 0 Å². The predicted octanol–water partition coefficient (Wildman–Crippen LogP) is 3.92. The maximum atomic E-state index is 13.5. The van der Waals surface area contributed by atoms with Crippen LogP contribution in [0.1, 0.15) is 24.3 Å². The van der Waals surface area contributed by atoms with Crippen LogP contribution in [0.3, 0.4) is 0 Å². The molecule has 1 N–H and O–H groups in total. The zero-order valence-electron chi connectivity index (χ0n) is 14.3. The predicted molar refractivity (Wildman–Crippen MR) is 104 cm³/mol. The second-order valence-corrected chi connectivity index (χ2v) is 9.25. The Morgan fingerprint density at radius 2 is 2.15 bits per heavy atom. The number of nitrogens with one attached hydrogen (secondary N) is 1. The third kappa shape index (κ3) is 2.56. The van der Waals surface area contributed by atoms with Gasteiger partial charge >= 0.3 is 0 Å². The van der Waals surface area contributed by atoms with Crippen molar-refractivity contribution in [2.24, 2.45) is 0 Å². The molecule has 1 fully saturated rings. The molecular weight excluding hydrogens is 371 g/mol. The van der Waals surface area contributed by atoms with E-state index in [0.717, 1.165) is 48.5 Å². The van der Waals surface area contributed by atoms with Gasteiger partial charge in [-0.05, 0) is 59.5 Å². The van der Waals surface area contributed by atoms with Gasteiger partial charge in [0.25, 0.3) is 0 Å². The normalized spacial score (nSPS) is 27.0. The summed E-state index contributed by atoms with van der Waals surface area (Å²) >= 11 is 5.31. The van der Waals surface area contributed by atoms with Gasteiger partial charge in [0.1, 0.15) is 11.6 Å². The number of anilines is 1. The highest BCUT2D eigenvalue weighted by molar-refractivity contribution is 7.91. The molecule has 2 aromatic carbocycles. The summed E-state index contributed by atoms with van der Waals surface area (Å²) in [6, 6.07) is 9.17. The van der Waals surface area contributed by atoms with Gasteiger partial charge in [-0.25, -0.2) is 4.39 Å². The number of fused-ring (bicyclic) bond motifs is 3. The van der Waals surface area contributed by atoms with Crippen molar-refractivity contribution < 1.29 is 8.94 Å². The molecule has 0 bridgehead atoms. The quantitative estimate of drug-likeness (QED) is 0.750. The Hall–Kier alpha value is -1.27. The summed E-state index contributed by atoms with van der Waals surface area (Å²) in [6.07, 6.45) is 2.06. The van der Waals surface area contributed by atoms with Gasteiger partial charge in [0.15, 0.2) is 4.90 Å². The Kier molecular flexibility index (Phi) is 4.16. The van der Waals surface area contributed by atoms with Crippen LogP contribution < -0.4 is 10.2 Å². The van der Waals surface area contributed by atoms with E-state index in [9.17, 15) is 8.94 Å². The lowest BCUT2D eigenvalue weighted by atomic mass is 9.88. The van der Waals surface area contributed by atoms with Crippen LogP contribution in [-0.2, 0) is 11.2 Å². The zero-order valence-corrected chi connectivity index (χ0v) is 15.9. The summed E-state index contributed by atoms with van der Waals surface area (Å²) in [7, 11) is 0. The van der Waals surface area contributed by atoms with E-state index >= 15 is 0 Å². The number of nitrogens with zero attached hydrogens (tertiary/aromatic N) is 1. The molecule has 1 unspecified atom stereocenters. The van der Waals surface area contributed by atoms with Crippen LogP contribution in [0.5, 0.6) is 0 Å². The second kappa shape index (κ2) is 6.41. The Balaban J connectivity index is 1.72. The van der Waals surface area contributed by atoms with Gasteiger partial charge < -0.3 is 14.8 Å². The minimum Gasteiger partial charge on any atom is -0.611 e. The maximum Gasteiger partial charge on any atom is 0.176 e. The molecule has 3 heterocycles. The Bertz CT molecular complexity index is 877. The van der Waals surface area contributed by atoms with Gasteiger partial charge in [0, 0.05) is 43.1 Å². The van der Waals surface area contributed by atoms with Gasteiger partial charge in [0.2, 0.25) is 0 Å². The number of benzene rings is 2. The minimum atomic E-state index is -1.01. The zero-order chi connectivity index (χ0) is 17.8. The van der Waals surface area contributed by atoms with E-state index in [2.05, 4.69) is 16.3 Å². The fourth-order valence-electron chi connectivity index (χ4n) is 4.73. The molecule has 3 aliphatic heterocycles. The monoisotopic (exact) mass is 390 g/mol. The molecule has 2 aromatic rings. The highest BCUT2D eigenvalue weighted by atomic mass is 35.5. The summed E-state index contributed by atoms with van der Waals surface area (Å²) in [5.74, 6) is 0.759. The van der Waals surface area contributed by atoms with Crippen molar-refractivity contribution in [2.45, 2.75) is 29.7 Å². The largest absolute Gasteiger partial charge is 0.611 e. The number of hydrogen-bond acceptors (Lipinski definition) is 3. The molecule has 0 spiro atoms. The first-order chi connectivity index (χ1) is 12.6. The summed E-state index contributed by atoms with van der Waals surface area (Å²) in [5.41, 5.74) is 4.18. The van der Waals surface area contributed by atoms with Crippen molar-refractivity contribution in [2.75, 3.05) is 30.3 Å². The smallest absolute Gasteiger partial charge is 0.176 e. The van der Waals surface area contributed by atoms with Crippen molar-refractivity contribution in [3.8, 4) is 11.1 Å². The molecule has 0 aromatic heterocycles. The van der Waals surface area contributed by atoms with E-state index in [1.165, 1.54) is 23.4 Å². The maximum absolute atomic E-state index is 13.5. The van der Waals surface area contributed by atoms with Crippen molar-refractivity contribution in [1.29, 1.82) is 0 Å². The highest BCUT2D eigenvalue weighted by Crippen LogP contribution is 2.50. The van der Waals surface area contributed by atoms with Crippen molar-refractivity contribution >= 4 is 28.5 Å². The number of hydrogen-bond donors (Lipinski definition) is 1. The van der Waals surface area contributed by atoms with Crippen LogP contribution in [0.15, 0.2) is 35.2 Å². The highest BCUT2D eigenvalue weighted by Gasteiger charge is 2.44. The molecule has 0 saturated carbocycles. The van der Waals surface area contributed by atoms with Crippen molar-refractivity contribution in [3.05, 3.63) is 46.7 Å². The lowest BCUT2D eigenvalue weighted by molar-refractivity contribution is 0.403. The fraction of sp³-hybridized carbons (Fsp3) is 0.400. The summed E-state index contributed by atoms with van der Waals surface area (Å²) < 4.78 is 26.4. The fourth-order valence-corrected chi connectivity index (χ4v) is 6.32. The van der Waals surface area contributed by atoms with E-state index in [1.807, 2.05) is 6.07 Å². The SMILES string of the molecule is [O-][S+]1CCCN2c3c(cc(-c4ccc(F)cc4Cl)cc31)[C@@H]1CNCC[C@@H]12. The molecule has 26 heavy (non-hydrogen) atoms. The topological polar surface area (TPSA) is 38.3 Å². The van der Waals surface area contributed by atoms with Crippen molar-refractivity contribution in [3.63, 3.8) is 0 Å². The van der Waals surface area contributed by atoms with Crippen LogP contribution in [0.4, 0.5) is 10.1 Å². The summed E-state index contributed by atoms with van der Waals surface area (Å²) in [6.45, 7) is 2.95. The Labute approximate surface area is 160 Å². The molecular formula is C20H20ClFN2OS. The van der Waals surface area contributed by atoms with Gasteiger partial charge in [-0.15, -0.1) is 0 Å². The number of halogens is 2. The molecule has 6 heteroatoms. The summed E-state index contributed by atoms with van der Waals surface area (Å²) in [5, 5.41) is 3.90. The van der Waals surface area contributed by atoms with Crippen LogP contribution >= 0.6 is 11.6 Å². The Morgan fingerprint density at radius 1 is 1.27 bits per heavy atom. The van der Waals surface area contributed by atoms with Gasteiger partial charge in [-0.1, -0.05) is 11.6 Å². The second-order valence-electron chi connectivity index (χ2n) is 7.30. The van der Waals surface area contributed by atoms with Gasteiger partial charge in [-0.2, -0.15) is 0 Å². The third-order valence-electron chi connectivity index (χ3n) is 5.85. The molecule has 3 nitrogen and oxygen atoms in total. The lowest BCUT2D eigenvalue weighted by Gasteiger charge is -2.33. The lowest BCUT2D eigenvalue weighted by Crippen LogP contribution is -2.44. The molecule has 0 radical (unpaired) electrons. The first-order valence-electron chi connectivity index (χ1n) is 9.12. The van der Waals surface area contributed by atoms with Gasteiger partial charge in [0.05, 0.1) is 10.7 Å². The molecule has 3 aliphatic rings. The van der Waals surface area contributed by atoms with Crippen molar-refractivity contribution in [1.82, 2.24) is 5.32 Å². The molecule has 0 amide bonds. The average Bonchev–Trinajstić information content (AvgIpc) is 2.84. The van der Waals surface area contributed by atoms with Crippen LogP contribution in [0, 0.1) is 5.82 Å². The van der Waals surface area contributed by atoms with E-state index in [0.29, 0.717) is 22.7 Å². The number of piperidine rings is 1. The minimum absolute atomic E-state index is 0.343. The molecule has 5 rings (SSSR count). The molecule has 1 saturated heterocycles. The van der Waals surface area contributed by atoms with E-state index in [-0.39, 0.29) is 5.82 Å². The van der Waals surface area contributed by atoms with Crippen LogP contribution in [-0.4, -0.2) is 36.0 Å². The molecule has 3 atom stereocenters. The van der Waals surface area contributed by atoms with Crippen LogP contribution in [0.25, 0.3) is 11.1 Å².